The van der Waals surface area contributed by atoms with Crippen molar-refractivity contribution in [2.24, 2.45) is 5.73 Å². The molecule has 9 heteroatoms. The number of nitrogens with two attached hydrogens (primary N) is 1. The number of hydrogen-bond acceptors (Lipinski definition) is 3. The molecule has 17 heavy (non-hydrogen) atoms. The van der Waals surface area contributed by atoms with Crippen LogP contribution in [0.25, 0.3) is 0 Å². The van der Waals surface area contributed by atoms with Crippen molar-refractivity contribution in [2.45, 2.75) is 19.3 Å². The highest BCUT2D eigenvalue weighted by Crippen LogP contribution is 2.24. The molecule has 4 nitrogen and oxygen atoms in total. The molecule has 0 atom stereocenters. The van der Waals surface area contributed by atoms with Gasteiger partial charge in [0.15, 0.2) is 5.75 Å². The first-order valence-electron chi connectivity index (χ1n) is 4.24. The van der Waals surface area contributed by atoms with Crippen LogP contribution in [0.2, 0.25) is 0 Å². The van der Waals surface area contributed by atoms with Gasteiger partial charge in [-0.1, -0.05) is 0 Å². The third-order valence-electron chi connectivity index (χ3n) is 1.80. The summed E-state index contributed by atoms with van der Waals surface area (Å²) in [6.07, 6.45) is -7.75. The van der Waals surface area contributed by atoms with Gasteiger partial charge in [0.05, 0.1) is 11.3 Å². The lowest BCUT2D eigenvalue weighted by Crippen LogP contribution is -2.26. The second kappa shape index (κ2) is 4.70. The molecule has 0 saturated carbocycles. The fraction of sp³-hybridized carbons (Fsp3) is 0.375. The summed E-state index contributed by atoms with van der Waals surface area (Å²) in [4.78, 5) is 13.4. The minimum absolute atomic E-state index is 0.406. The molecule has 3 N–H and O–H groups in total. The lowest BCUT2D eigenvalue weighted by Gasteiger charge is -2.12. The van der Waals surface area contributed by atoms with Crippen molar-refractivity contribution < 1.29 is 26.7 Å². The summed E-state index contributed by atoms with van der Waals surface area (Å²) >= 11 is 0. The maximum atomic E-state index is 12.3. The van der Waals surface area contributed by atoms with E-state index in [0.717, 1.165) is 0 Å². The van der Waals surface area contributed by atoms with Gasteiger partial charge in [0, 0.05) is 12.7 Å². The Kier molecular flexibility index (Phi) is 3.71. The van der Waals surface area contributed by atoms with E-state index in [0.29, 0.717) is 6.20 Å². The molecule has 1 heterocycles. The molecule has 1 aromatic rings. The first-order valence-corrected chi connectivity index (χ1v) is 4.24. The number of aromatic amines is 1. The van der Waals surface area contributed by atoms with Gasteiger partial charge in [-0.25, -0.2) is 8.78 Å². The van der Waals surface area contributed by atoms with E-state index in [1.54, 1.807) is 0 Å². The zero-order chi connectivity index (χ0) is 13.2. The molecular weight excluding hydrogens is 251 g/mol. The Bertz CT molecular complexity index is 454. The van der Waals surface area contributed by atoms with Crippen LogP contribution < -0.4 is 15.9 Å². The Morgan fingerprint density at radius 1 is 1.41 bits per heavy atom. The van der Waals surface area contributed by atoms with Crippen molar-refractivity contribution in [3.8, 4) is 5.75 Å². The number of aromatic nitrogens is 1. The minimum Gasteiger partial charge on any atom is -0.400 e. The Morgan fingerprint density at radius 3 is 2.41 bits per heavy atom. The summed E-state index contributed by atoms with van der Waals surface area (Å²) in [5, 5.41) is 0. The van der Waals surface area contributed by atoms with Crippen LogP contribution in [0.3, 0.4) is 0 Å². The summed E-state index contributed by atoms with van der Waals surface area (Å²) in [6, 6.07) is 0. The predicted molar refractivity (Wildman–Crippen MR) is 46.6 cm³/mol. The van der Waals surface area contributed by atoms with Crippen LogP contribution in [0.15, 0.2) is 11.0 Å². The quantitative estimate of drug-likeness (QED) is 0.810. The number of ether oxygens (including phenoxy) is 1. The second-order valence-corrected chi connectivity index (χ2v) is 2.93. The summed E-state index contributed by atoms with van der Waals surface area (Å²) in [5.74, 6) is -1.25. The number of rotatable bonds is 3. The van der Waals surface area contributed by atoms with Gasteiger partial charge in [0.25, 0.3) is 6.43 Å². The normalized spacial score (nSPS) is 11.9. The average molecular weight is 258 g/mol. The minimum atomic E-state index is -5.16. The van der Waals surface area contributed by atoms with E-state index in [9.17, 15) is 26.7 Å². The summed E-state index contributed by atoms with van der Waals surface area (Å²) in [5.41, 5.74) is 2.01. The zero-order valence-corrected chi connectivity index (χ0v) is 8.15. The van der Waals surface area contributed by atoms with Gasteiger partial charge < -0.3 is 15.5 Å². The third-order valence-corrected chi connectivity index (χ3v) is 1.80. The van der Waals surface area contributed by atoms with Crippen LogP contribution in [0, 0.1) is 0 Å². The monoisotopic (exact) mass is 258 g/mol. The van der Waals surface area contributed by atoms with Gasteiger partial charge in [0.2, 0.25) is 5.43 Å². The Balaban J connectivity index is 3.33. The lowest BCUT2D eigenvalue weighted by molar-refractivity contribution is -0.275. The van der Waals surface area contributed by atoms with E-state index in [1.807, 2.05) is 0 Å². The molecule has 0 aliphatic heterocycles. The Labute approximate surface area is 91.2 Å². The van der Waals surface area contributed by atoms with Crippen molar-refractivity contribution in [3.63, 3.8) is 0 Å². The largest absolute Gasteiger partial charge is 0.573 e. The molecule has 0 bridgehead atoms. The third kappa shape index (κ3) is 3.16. The van der Waals surface area contributed by atoms with E-state index in [4.69, 9.17) is 5.73 Å². The molecule has 0 saturated heterocycles. The highest BCUT2D eigenvalue weighted by atomic mass is 19.4. The number of hydrogen-bond donors (Lipinski definition) is 2. The zero-order valence-electron chi connectivity index (χ0n) is 8.15. The molecule has 1 aromatic heterocycles. The number of halogens is 5. The first-order chi connectivity index (χ1) is 7.76. The molecule has 96 valence electrons. The standard InChI is InChI=1S/C8H7F5N2O2/c9-7(10)3-2-15-4(1-14)6(5(3)16)17-8(11,12)13/h2,7H,1,14H2,(H,15,16). The summed E-state index contributed by atoms with van der Waals surface area (Å²) < 4.78 is 63.9. The van der Waals surface area contributed by atoms with E-state index < -0.39 is 41.8 Å². The molecule has 0 spiro atoms. The predicted octanol–water partition coefficient (Wildman–Crippen LogP) is 1.67. The molecule has 0 unspecified atom stereocenters. The van der Waals surface area contributed by atoms with Gasteiger partial charge in [-0.05, 0) is 0 Å². The second-order valence-electron chi connectivity index (χ2n) is 2.93. The molecule has 0 aromatic carbocycles. The topological polar surface area (TPSA) is 68.1 Å². The van der Waals surface area contributed by atoms with Crippen LogP contribution >= 0.6 is 0 Å². The van der Waals surface area contributed by atoms with Crippen molar-refractivity contribution in [1.82, 2.24) is 4.98 Å². The molecule has 0 amide bonds. The maximum Gasteiger partial charge on any atom is 0.573 e. The molecular formula is C8H7F5N2O2. The Morgan fingerprint density at radius 2 is 2.00 bits per heavy atom. The summed E-state index contributed by atoms with van der Waals surface area (Å²) in [7, 11) is 0. The molecule has 1 rings (SSSR count). The molecule has 0 aliphatic rings. The van der Waals surface area contributed by atoms with Gasteiger partial charge in [0.1, 0.15) is 0 Å². The van der Waals surface area contributed by atoms with Crippen molar-refractivity contribution in [1.29, 1.82) is 0 Å². The maximum absolute atomic E-state index is 12.3. The first kappa shape index (κ1) is 13.4. The van der Waals surface area contributed by atoms with Crippen molar-refractivity contribution in [2.75, 3.05) is 0 Å². The van der Waals surface area contributed by atoms with E-state index in [-0.39, 0.29) is 0 Å². The fourth-order valence-electron chi connectivity index (χ4n) is 1.10. The van der Waals surface area contributed by atoms with Gasteiger partial charge in [-0.3, -0.25) is 4.79 Å². The molecule has 0 aliphatic carbocycles. The number of nitrogens with one attached hydrogen (secondary N) is 1. The highest BCUT2D eigenvalue weighted by molar-refractivity contribution is 5.32. The smallest absolute Gasteiger partial charge is 0.400 e. The van der Waals surface area contributed by atoms with Crippen LogP contribution in [0.4, 0.5) is 22.0 Å². The van der Waals surface area contributed by atoms with Crippen LogP contribution in [0.1, 0.15) is 17.7 Å². The van der Waals surface area contributed by atoms with E-state index in [2.05, 4.69) is 9.72 Å². The Hall–Kier alpha value is -1.64. The van der Waals surface area contributed by atoms with Crippen molar-refractivity contribution >= 4 is 0 Å². The number of H-pyrrole nitrogens is 1. The molecule has 0 fully saturated rings. The molecule has 0 radical (unpaired) electrons. The lowest BCUT2D eigenvalue weighted by atomic mass is 10.2. The average Bonchev–Trinajstić information content (AvgIpc) is 2.18. The SMILES string of the molecule is NCc1[nH]cc(C(F)F)c(=O)c1OC(F)(F)F. The van der Waals surface area contributed by atoms with Crippen LogP contribution in [-0.2, 0) is 6.54 Å². The van der Waals surface area contributed by atoms with Gasteiger partial charge in [-0.2, -0.15) is 0 Å². The van der Waals surface area contributed by atoms with Crippen LogP contribution in [0.5, 0.6) is 5.75 Å². The van der Waals surface area contributed by atoms with E-state index >= 15 is 0 Å². The number of pyridine rings is 1. The van der Waals surface area contributed by atoms with E-state index in [1.165, 1.54) is 0 Å². The fourth-order valence-corrected chi connectivity index (χ4v) is 1.10. The highest BCUT2D eigenvalue weighted by Gasteiger charge is 2.34. The van der Waals surface area contributed by atoms with Gasteiger partial charge in [-0.15, -0.1) is 13.2 Å². The van der Waals surface area contributed by atoms with Gasteiger partial charge >= 0.3 is 6.36 Å². The van der Waals surface area contributed by atoms with Crippen LogP contribution in [-0.4, -0.2) is 11.3 Å². The number of alkyl halides is 5. The van der Waals surface area contributed by atoms with Crippen molar-refractivity contribution in [3.05, 3.63) is 27.7 Å². The summed E-state index contributed by atoms with van der Waals surface area (Å²) in [6.45, 7) is -0.482.